The molecule has 95 valence electrons. The molecule has 5 heteroatoms. The zero-order valence-corrected chi connectivity index (χ0v) is 9.79. The standard InChI is InChI=1S/C14H10NO4/c16-9-19-13-7-3-11(4-8-13)15-14(18)10-1-5-12(17)6-2-10/h1-8,17H,(H,15,18). The van der Waals surface area contributed by atoms with Crippen LogP contribution in [0.15, 0.2) is 48.5 Å². The van der Waals surface area contributed by atoms with Crippen molar-refractivity contribution in [2.24, 2.45) is 0 Å². The Morgan fingerprint density at radius 3 is 2.26 bits per heavy atom. The lowest BCUT2D eigenvalue weighted by Crippen LogP contribution is -2.11. The van der Waals surface area contributed by atoms with Gasteiger partial charge in [0.05, 0.1) is 0 Å². The van der Waals surface area contributed by atoms with E-state index in [1.54, 1.807) is 12.1 Å². The second-order valence-corrected chi connectivity index (χ2v) is 3.71. The van der Waals surface area contributed by atoms with E-state index in [1.165, 1.54) is 42.9 Å². The van der Waals surface area contributed by atoms with Gasteiger partial charge in [0.15, 0.2) is 0 Å². The maximum absolute atomic E-state index is 11.8. The zero-order valence-electron chi connectivity index (χ0n) is 9.79. The van der Waals surface area contributed by atoms with Crippen molar-refractivity contribution < 1.29 is 19.4 Å². The number of aromatic hydroxyl groups is 1. The maximum atomic E-state index is 11.8. The highest BCUT2D eigenvalue weighted by molar-refractivity contribution is 6.04. The third kappa shape index (κ3) is 3.32. The van der Waals surface area contributed by atoms with Crippen molar-refractivity contribution in [3.05, 3.63) is 54.1 Å². The highest BCUT2D eigenvalue weighted by Gasteiger charge is 2.06. The van der Waals surface area contributed by atoms with Crippen LogP contribution < -0.4 is 10.1 Å². The van der Waals surface area contributed by atoms with E-state index in [-0.39, 0.29) is 11.7 Å². The summed E-state index contributed by atoms with van der Waals surface area (Å²) in [5.41, 5.74) is 0.996. The number of ether oxygens (including phenoxy) is 1. The Balaban J connectivity index is 2.06. The third-order valence-corrected chi connectivity index (χ3v) is 2.40. The second kappa shape index (κ2) is 5.68. The van der Waals surface area contributed by atoms with Gasteiger partial charge in [0.1, 0.15) is 11.5 Å². The SMILES string of the molecule is O=[C]Oc1ccc(NC(=O)c2ccc(O)cc2)cc1. The summed E-state index contributed by atoms with van der Waals surface area (Å²) >= 11 is 0. The van der Waals surface area contributed by atoms with Gasteiger partial charge in [0.25, 0.3) is 5.91 Å². The first-order valence-corrected chi connectivity index (χ1v) is 5.43. The van der Waals surface area contributed by atoms with Crippen molar-refractivity contribution in [3.63, 3.8) is 0 Å². The third-order valence-electron chi connectivity index (χ3n) is 2.40. The predicted molar refractivity (Wildman–Crippen MR) is 68.8 cm³/mol. The van der Waals surface area contributed by atoms with Crippen LogP contribution in [0.3, 0.4) is 0 Å². The number of carbonyl (C=O) groups is 1. The first-order chi connectivity index (χ1) is 9.19. The monoisotopic (exact) mass is 256 g/mol. The minimum atomic E-state index is -0.296. The van der Waals surface area contributed by atoms with Crippen molar-refractivity contribution in [1.29, 1.82) is 0 Å². The van der Waals surface area contributed by atoms with Crippen LogP contribution in [0.5, 0.6) is 11.5 Å². The normalized spacial score (nSPS) is 9.68. The van der Waals surface area contributed by atoms with E-state index < -0.39 is 0 Å². The molecule has 0 aliphatic heterocycles. The molecule has 1 radical (unpaired) electrons. The molecule has 2 aromatic rings. The molecule has 19 heavy (non-hydrogen) atoms. The molecule has 0 aromatic heterocycles. The first kappa shape index (κ1) is 12.6. The number of hydrogen-bond acceptors (Lipinski definition) is 4. The van der Waals surface area contributed by atoms with Crippen molar-refractivity contribution >= 4 is 18.1 Å². The molecule has 2 N–H and O–H groups in total. The number of carbonyl (C=O) groups excluding carboxylic acids is 2. The number of amides is 1. The fraction of sp³-hybridized carbons (Fsp3) is 0. The first-order valence-electron chi connectivity index (χ1n) is 5.43. The Kier molecular flexibility index (Phi) is 3.78. The Bertz CT molecular complexity index is 575. The maximum Gasteiger partial charge on any atom is 0.423 e. The van der Waals surface area contributed by atoms with Crippen LogP contribution in [0.4, 0.5) is 5.69 Å². The summed E-state index contributed by atoms with van der Waals surface area (Å²) in [7, 11) is 0. The van der Waals surface area contributed by atoms with Gasteiger partial charge in [-0.25, -0.2) is 4.79 Å². The number of hydrogen-bond donors (Lipinski definition) is 2. The average Bonchev–Trinajstić information content (AvgIpc) is 2.42. The lowest BCUT2D eigenvalue weighted by molar-refractivity contribution is 0.102. The Morgan fingerprint density at radius 1 is 1.05 bits per heavy atom. The molecule has 2 rings (SSSR count). The second-order valence-electron chi connectivity index (χ2n) is 3.71. The van der Waals surface area contributed by atoms with Gasteiger partial charge in [0, 0.05) is 11.3 Å². The molecule has 0 saturated carbocycles. The molecule has 0 fully saturated rings. The lowest BCUT2D eigenvalue weighted by Gasteiger charge is -2.05. The van der Waals surface area contributed by atoms with Crippen molar-refractivity contribution in [2.75, 3.05) is 5.32 Å². The number of phenols is 1. The fourth-order valence-electron chi connectivity index (χ4n) is 1.47. The van der Waals surface area contributed by atoms with Gasteiger partial charge in [-0.05, 0) is 48.5 Å². The van der Waals surface area contributed by atoms with E-state index in [9.17, 15) is 9.59 Å². The number of anilines is 1. The average molecular weight is 256 g/mol. The quantitative estimate of drug-likeness (QED) is 0.878. The molecule has 0 bridgehead atoms. The fourth-order valence-corrected chi connectivity index (χ4v) is 1.47. The van der Waals surface area contributed by atoms with Crippen LogP contribution in [-0.4, -0.2) is 17.5 Å². The molecule has 1 amide bonds. The van der Waals surface area contributed by atoms with E-state index in [0.29, 0.717) is 17.0 Å². The predicted octanol–water partition coefficient (Wildman–Crippen LogP) is 2.09. The summed E-state index contributed by atoms with van der Waals surface area (Å²) in [6.45, 7) is 1.31. The molecule has 0 saturated heterocycles. The van der Waals surface area contributed by atoms with Crippen molar-refractivity contribution in [2.45, 2.75) is 0 Å². The Hall–Kier alpha value is -2.82. The van der Waals surface area contributed by atoms with Gasteiger partial charge in [-0.1, -0.05) is 0 Å². The van der Waals surface area contributed by atoms with Crippen LogP contribution in [0.25, 0.3) is 0 Å². The van der Waals surface area contributed by atoms with E-state index >= 15 is 0 Å². The molecule has 0 aliphatic carbocycles. The highest BCUT2D eigenvalue weighted by atomic mass is 16.5. The number of benzene rings is 2. The number of phenolic OH excluding ortho intramolecular Hbond substituents is 1. The highest BCUT2D eigenvalue weighted by Crippen LogP contribution is 2.16. The largest absolute Gasteiger partial charge is 0.508 e. The summed E-state index contributed by atoms with van der Waals surface area (Å²) in [5, 5.41) is 11.8. The van der Waals surface area contributed by atoms with Crippen molar-refractivity contribution in [3.8, 4) is 11.5 Å². The minimum Gasteiger partial charge on any atom is -0.508 e. The minimum absolute atomic E-state index is 0.100. The number of nitrogens with one attached hydrogen (secondary N) is 1. The molecule has 5 nitrogen and oxygen atoms in total. The molecule has 0 unspecified atom stereocenters. The van der Waals surface area contributed by atoms with Crippen LogP contribution in [-0.2, 0) is 4.79 Å². The summed E-state index contributed by atoms with van der Waals surface area (Å²) < 4.78 is 4.52. The molecular formula is C14H10NO4. The molecule has 0 heterocycles. The zero-order chi connectivity index (χ0) is 13.7. The lowest BCUT2D eigenvalue weighted by atomic mass is 10.2. The summed E-state index contributed by atoms with van der Waals surface area (Å²) in [5.74, 6) is 0.149. The van der Waals surface area contributed by atoms with Gasteiger partial charge in [-0.3, -0.25) is 4.79 Å². The van der Waals surface area contributed by atoms with E-state index in [1.807, 2.05) is 0 Å². The van der Waals surface area contributed by atoms with E-state index in [2.05, 4.69) is 10.1 Å². The van der Waals surface area contributed by atoms with Crippen LogP contribution >= 0.6 is 0 Å². The molecule has 0 aliphatic rings. The van der Waals surface area contributed by atoms with Crippen LogP contribution in [0.1, 0.15) is 10.4 Å². The number of rotatable bonds is 4. The van der Waals surface area contributed by atoms with Crippen molar-refractivity contribution in [1.82, 2.24) is 0 Å². The van der Waals surface area contributed by atoms with Crippen LogP contribution in [0, 0.1) is 0 Å². The summed E-state index contributed by atoms with van der Waals surface area (Å²) in [6.07, 6.45) is 0. The topological polar surface area (TPSA) is 75.6 Å². The van der Waals surface area contributed by atoms with Gasteiger partial charge in [-0.15, -0.1) is 0 Å². The Labute approximate surface area is 109 Å². The Morgan fingerprint density at radius 2 is 1.68 bits per heavy atom. The van der Waals surface area contributed by atoms with E-state index in [0.717, 1.165) is 0 Å². The van der Waals surface area contributed by atoms with Gasteiger partial charge in [0.2, 0.25) is 0 Å². The van der Waals surface area contributed by atoms with Gasteiger partial charge >= 0.3 is 6.47 Å². The molecule has 2 aromatic carbocycles. The van der Waals surface area contributed by atoms with Crippen LogP contribution in [0.2, 0.25) is 0 Å². The summed E-state index contributed by atoms with van der Waals surface area (Å²) in [6, 6.07) is 12.2. The molecule has 0 atom stereocenters. The smallest absolute Gasteiger partial charge is 0.423 e. The molecular weight excluding hydrogens is 246 g/mol. The van der Waals surface area contributed by atoms with Gasteiger partial charge in [-0.2, -0.15) is 0 Å². The van der Waals surface area contributed by atoms with Gasteiger partial charge < -0.3 is 15.2 Å². The van der Waals surface area contributed by atoms with E-state index in [4.69, 9.17) is 5.11 Å². The summed E-state index contributed by atoms with van der Waals surface area (Å²) in [4.78, 5) is 21.9. The molecule has 0 spiro atoms.